The van der Waals surface area contributed by atoms with Crippen molar-refractivity contribution in [1.29, 1.82) is 0 Å². The molecule has 0 unspecified atom stereocenters. The van der Waals surface area contributed by atoms with Crippen LogP contribution in [-0.4, -0.2) is 33.3 Å². The van der Waals surface area contributed by atoms with Crippen molar-refractivity contribution >= 4 is 61.9 Å². The Bertz CT molecular complexity index is 1640. The van der Waals surface area contributed by atoms with Crippen LogP contribution in [0.25, 0.3) is 10.9 Å². The fourth-order valence-electron chi connectivity index (χ4n) is 3.71. The maximum atomic E-state index is 13.4. The van der Waals surface area contributed by atoms with Crippen LogP contribution in [0.3, 0.4) is 0 Å². The van der Waals surface area contributed by atoms with Crippen molar-refractivity contribution in [3.8, 4) is 5.75 Å². The Morgan fingerprint density at radius 3 is 2.69 bits per heavy atom. The van der Waals surface area contributed by atoms with Crippen LogP contribution in [0, 0.1) is 10.1 Å². The predicted octanol–water partition coefficient (Wildman–Crippen LogP) is 6.13. The van der Waals surface area contributed by atoms with E-state index in [1.165, 1.54) is 23.0 Å². The van der Waals surface area contributed by atoms with Gasteiger partial charge in [-0.1, -0.05) is 47.4 Å². The molecule has 1 amide bonds. The highest BCUT2D eigenvalue weighted by Crippen LogP contribution is 2.30. The number of fused-ring (bicyclic) bond motifs is 1. The molecule has 1 N–H and O–H groups in total. The van der Waals surface area contributed by atoms with Crippen LogP contribution in [0.15, 0.2) is 75.0 Å². The molecule has 0 aliphatic heterocycles. The summed E-state index contributed by atoms with van der Waals surface area (Å²) in [6.07, 6.45) is 2.00. The smallest absolute Gasteiger partial charge is 0.311 e. The number of ether oxygens (including phenoxy) is 1. The van der Waals surface area contributed by atoms with Crippen molar-refractivity contribution in [3.63, 3.8) is 0 Å². The minimum absolute atomic E-state index is 0.0970. The summed E-state index contributed by atoms with van der Waals surface area (Å²) >= 11 is 9.25. The third-order valence-electron chi connectivity index (χ3n) is 5.90. The number of carbonyl (C=O) groups excluding carboxylic acids is 1. The Balaban J connectivity index is 1.70. The molecule has 1 atom stereocenters. The molecule has 4 rings (SSSR count). The molecule has 0 radical (unpaired) electrons. The Hall–Kier alpha value is -4.09. The van der Waals surface area contributed by atoms with Gasteiger partial charge in [0, 0.05) is 32.7 Å². The summed E-state index contributed by atoms with van der Waals surface area (Å²) in [7, 11) is 0. The van der Waals surface area contributed by atoms with Gasteiger partial charge in [-0.05, 0) is 55.0 Å². The molecule has 0 spiro atoms. The SMILES string of the molecule is CC[C@H](C)c1nc2ccc(Br)cc2c(=O)n1N=Cc1cccc([N+](=O)[O-])c1OCC(=O)Nc1ccc(Cl)cc1. The number of hydrogen-bond acceptors (Lipinski definition) is 7. The topological polar surface area (TPSA) is 129 Å². The molecule has 0 bridgehead atoms. The Morgan fingerprint density at radius 1 is 1.26 bits per heavy atom. The van der Waals surface area contributed by atoms with Gasteiger partial charge in [-0.15, -0.1) is 0 Å². The van der Waals surface area contributed by atoms with Gasteiger partial charge in [-0.2, -0.15) is 9.78 Å². The monoisotopic (exact) mass is 611 g/mol. The lowest BCUT2D eigenvalue weighted by Crippen LogP contribution is -2.24. The van der Waals surface area contributed by atoms with E-state index in [1.54, 1.807) is 48.5 Å². The summed E-state index contributed by atoms with van der Waals surface area (Å²) in [5, 5.41) is 19.6. The summed E-state index contributed by atoms with van der Waals surface area (Å²) in [5.41, 5.74) is 0.497. The van der Waals surface area contributed by atoms with Gasteiger partial charge in [0.1, 0.15) is 5.82 Å². The van der Waals surface area contributed by atoms with Gasteiger partial charge in [-0.25, -0.2) is 4.98 Å². The van der Waals surface area contributed by atoms with Crippen molar-refractivity contribution in [2.24, 2.45) is 5.10 Å². The zero-order valence-corrected chi connectivity index (χ0v) is 23.3. The van der Waals surface area contributed by atoms with E-state index in [0.717, 1.165) is 0 Å². The van der Waals surface area contributed by atoms with Crippen molar-refractivity contribution in [1.82, 2.24) is 9.66 Å². The number of hydrogen-bond donors (Lipinski definition) is 1. The third kappa shape index (κ3) is 6.50. The number of amides is 1. The largest absolute Gasteiger partial charge is 0.476 e. The molecule has 1 aromatic heterocycles. The lowest BCUT2D eigenvalue weighted by atomic mass is 10.1. The minimum Gasteiger partial charge on any atom is -0.476 e. The average Bonchev–Trinajstić information content (AvgIpc) is 2.92. The number of nitrogens with one attached hydrogen (secondary N) is 1. The van der Waals surface area contributed by atoms with Crippen molar-refractivity contribution < 1.29 is 14.5 Å². The highest BCUT2D eigenvalue weighted by Gasteiger charge is 2.21. The van der Waals surface area contributed by atoms with E-state index in [9.17, 15) is 19.7 Å². The van der Waals surface area contributed by atoms with Gasteiger partial charge in [0.2, 0.25) is 5.75 Å². The quantitative estimate of drug-likeness (QED) is 0.137. The molecule has 3 aromatic carbocycles. The lowest BCUT2D eigenvalue weighted by molar-refractivity contribution is -0.385. The van der Waals surface area contributed by atoms with Crippen LogP contribution in [0.2, 0.25) is 5.02 Å². The highest BCUT2D eigenvalue weighted by molar-refractivity contribution is 9.10. The van der Waals surface area contributed by atoms with Crippen molar-refractivity contribution in [2.45, 2.75) is 26.2 Å². The maximum Gasteiger partial charge on any atom is 0.311 e. The van der Waals surface area contributed by atoms with E-state index in [4.69, 9.17) is 16.3 Å². The maximum absolute atomic E-state index is 13.4. The first-order valence-corrected chi connectivity index (χ1v) is 13.1. The van der Waals surface area contributed by atoms with E-state index in [1.807, 2.05) is 13.8 Å². The molecular weight excluding hydrogens is 590 g/mol. The molecule has 0 saturated carbocycles. The Morgan fingerprint density at radius 2 is 2.00 bits per heavy atom. The number of nitro groups is 1. The second-order valence-electron chi connectivity index (χ2n) is 8.60. The van der Waals surface area contributed by atoms with Crippen molar-refractivity contribution in [2.75, 3.05) is 11.9 Å². The number of carbonyl (C=O) groups is 1. The van der Waals surface area contributed by atoms with Gasteiger partial charge >= 0.3 is 5.69 Å². The van der Waals surface area contributed by atoms with Gasteiger partial charge < -0.3 is 10.1 Å². The van der Waals surface area contributed by atoms with Crippen LogP contribution in [-0.2, 0) is 4.79 Å². The molecule has 0 saturated heterocycles. The fraction of sp³-hybridized carbons (Fsp3) is 0.185. The van der Waals surface area contributed by atoms with Crippen LogP contribution >= 0.6 is 27.5 Å². The number of nitrogens with zero attached hydrogens (tertiary/aromatic N) is 4. The van der Waals surface area contributed by atoms with E-state index in [-0.39, 0.29) is 28.5 Å². The molecule has 0 aliphatic rings. The molecule has 0 aliphatic carbocycles. The van der Waals surface area contributed by atoms with E-state index >= 15 is 0 Å². The summed E-state index contributed by atoms with van der Waals surface area (Å²) < 4.78 is 7.52. The molecule has 0 fully saturated rings. The number of halogens is 2. The normalized spacial score (nSPS) is 12.0. The van der Waals surface area contributed by atoms with Crippen LogP contribution in [0.5, 0.6) is 5.75 Å². The first-order chi connectivity index (χ1) is 18.7. The molecule has 200 valence electrons. The summed E-state index contributed by atoms with van der Waals surface area (Å²) in [6.45, 7) is 3.40. The first kappa shape index (κ1) is 27.9. The standard InChI is InChI=1S/C27H23BrClN5O5/c1-3-16(2)26-32-22-12-7-18(28)13-21(22)27(36)33(26)30-14-17-5-4-6-23(34(37)38)25(17)39-15-24(35)31-20-10-8-19(29)9-11-20/h4-14,16H,3,15H2,1-2H3,(H,31,35)/t16-/m0/s1. The molecular formula is C27H23BrClN5O5. The Kier molecular flexibility index (Phi) is 8.72. The highest BCUT2D eigenvalue weighted by atomic mass is 79.9. The van der Waals surface area contributed by atoms with Gasteiger partial charge in [0.25, 0.3) is 11.5 Å². The fourth-order valence-corrected chi connectivity index (χ4v) is 4.20. The molecule has 10 nitrogen and oxygen atoms in total. The number of anilines is 1. The molecule has 4 aromatic rings. The van der Waals surface area contributed by atoms with Crippen LogP contribution in [0.4, 0.5) is 11.4 Å². The zero-order chi connectivity index (χ0) is 28.1. The van der Waals surface area contributed by atoms with Gasteiger partial charge in [-0.3, -0.25) is 19.7 Å². The minimum atomic E-state index is -0.615. The second kappa shape index (κ2) is 12.2. The van der Waals surface area contributed by atoms with Crippen LogP contribution < -0.4 is 15.6 Å². The number of aromatic nitrogens is 2. The van der Waals surface area contributed by atoms with E-state index in [0.29, 0.717) is 38.3 Å². The number of benzene rings is 3. The first-order valence-electron chi connectivity index (χ1n) is 11.9. The number of para-hydroxylation sites is 1. The van der Waals surface area contributed by atoms with Gasteiger partial charge in [0.15, 0.2) is 6.61 Å². The van der Waals surface area contributed by atoms with Crippen LogP contribution in [0.1, 0.15) is 37.6 Å². The average molecular weight is 613 g/mol. The predicted molar refractivity (Wildman–Crippen MR) is 154 cm³/mol. The molecule has 12 heteroatoms. The molecule has 1 heterocycles. The van der Waals surface area contributed by atoms with Crippen molar-refractivity contribution in [3.05, 3.63) is 102 Å². The van der Waals surface area contributed by atoms with E-state index in [2.05, 4.69) is 31.3 Å². The zero-order valence-electron chi connectivity index (χ0n) is 20.9. The summed E-state index contributed by atoms with van der Waals surface area (Å²) in [6, 6.07) is 16.0. The molecule has 39 heavy (non-hydrogen) atoms. The summed E-state index contributed by atoms with van der Waals surface area (Å²) in [4.78, 5) is 41.6. The summed E-state index contributed by atoms with van der Waals surface area (Å²) in [5.74, 6) is -0.339. The second-order valence-corrected chi connectivity index (χ2v) is 9.95. The Labute approximate surface area is 236 Å². The third-order valence-corrected chi connectivity index (χ3v) is 6.64. The van der Waals surface area contributed by atoms with Gasteiger partial charge in [0.05, 0.1) is 22.0 Å². The number of rotatable bonds is 9. The lowest BCUT2D eigenvalue weighted by Gasteiger charge is -2.14. The van der Waals surface area contributed by atoms with E-state index < -0.39 is 17.4 Å². The number of nitro benzene ring substituents is 1.